The fourth-order valence-corrected chi connectivity index (χ4v) is 8.20. The smallest absolute Gasteiger partial charge is 0.259 e. The number of para-hydroxylation sites is 2. The second-order valence-corrected chi connectivity index (χ2v) is 16.9. The first kappa shape index (κ1) is 44.6. The van der Waals surface area contributed by atoms with Crippen LogP contribution in [0.5, 0.6) is 11.5 Å². The highest BCUT2D eigenvalue weighted by atomic mass is 16.6. The van der Waals surface area contributed by atoms with E-state index in [2.05, 4.69) is 62.4 Å². The van der Waals surface area contributed by atoms with Gasteiger partial charge in [0.1, 0.15) is 29.4 Å². The Morgan fingerprint density at radius 1 is 0.586 bits per heavy atom. The molecule has 1 heterocycles. The average Bonchev–Trinajstić information content (AvgIpc) is 3.83. The molecule has 12 heteroatoms. The second kappa shape index (κ2) is 19.5. The van der Waals surface area contributed by atoms with E-state index in [1.165, 1.54) is 0 Å². The van der Waals surface area contributed by atoms with E-state index in [9.17, 15) is 15.0 Å². The van der Waals surface area contributed by atoms with Crippen molar-refractivity contribution in [2.75, 3.05) is 10.8 Å². The molecule has 10 rings (SSSR count). The van der Waals surface area contributed by atoms with Crippen LogP contribution in [0.15, 0.2) is 209 Å². The van der Waals surface area contributed by atoms with E-state index in [0.29, 0.717) is 33.7 Å². The number of aromatic hydroxyl groups is 2. The molecule has 1 amide bonds. The third-order valence-electron chi connectivity index (χ3n) is 12.1. The number of carbonyl (C=O) groups excluding carboxylic acids is 1. The van der Waals surface area contributed by atoms with Crippen LogP contribution in [0.3, 0.4) is 0 Å². The number of nitrogens with one attached hydrogen (secondary N) is 2. The average molecular weight is 919 g/mol. The third kappa shape index (κ3) is 9.35. The maximum Gasteiger partial charge on any atom is 0.259 e. The molecule has 12 nitrogen and oxygen atoms in total. The second-order valence-electron chi connectivity index (χ2n) is 16.9. The molecule has 0 saturated carbocycles. The quantitative estimate of drug-likeness (QED) is 0.0666. The number of aromatic nitrogens is 2. The number of anilines is 2. The summed E-state index contributed by atoms with van der Waals surface area (Å²) in [5.74, 6) is -0.720. The number of fused-ring (bicyclic) bond motifs is 2. The van der Waals surface area contributed by atoms with Crippen LogP contribution < -0.4 is 10.8 Å². The summed E-state index contributed by atoms with van der Waals surface area (Å²) < 4.78 is 1.84. The lowest BCUT2D eigenvalue weighted by Crippen LogP contribution is -2.13. The van der Waals surface area contributed by atoms with Crippen molar-refractivity contribution in [1.82, 2.24) is 9.78 Å². The van der Waals surface area contributed by atoms with Gasteiger partial charge in [0.05, 0.1) is 28.3 Å². The largest absolute Gasteiger partial charge is 0.505 e. The van der Waals surface area contributed by atoms with Crippen LogP contribution in [-0.4, -0.2) is 25.9 Å². The number of amides is 1. The number of carbonyl (C=O) groups is 1. The summed E-state index contributed by atoms with van der Waals surface area (Å²) in [4.78, 5) is 19.3. The van der Waals surface area contributed by atoms with E-state index in [0.717, 1.165) is 66.6 Å². The van der Waals surface area contributed by atoms with Crippen LogP contribution in [0.4, 0.5) is 34.1 Å². The van der Waals surface area contributed by atoms with Crippen molar-refractivity contribution < 1.29 is 19.8 Å². The van der Waals surface area contributed by atoms with Crippen molar-refractivity contribution in [2.24, 2.45) is 20.5 Å². The van der Waals surface area contributed by atoms with Gasteiger partial charge < -0.3 is 15.5 Å². The lowest BCUT2D eigenvalue weighted by molar-refractivity contribution is 0.102. The molecule has 10 aromatic rings. The Labute approximate surface area is 403 Å². The number of phenolic OH excluding ortho intramolecular Hbond substituents is 2. The predicted molar refractivity (Wildman–Crippen MR) is 277 cm³/mol. The molecule has 0 fully saturated rings. The number of rotatable bonds is 13. The number of azo groups is 2. The summed E-state index contributed by atoms with van der Waals surface area (Å²) in [6, 6.07) is 57.5. The molecule has 0 saturated heterocycles. The van der Waals surface area contributed by atoms with Gasteiger partial charge in [-0.2, -0.15) is 15.3 Å². The predicted octanol–water partition coefficient (Wildman–Crippen LogP) is 15.5. The SMILES string of the molecule is Cc1ccc(-c2nn(-c3ccc(N=Nc4c(O)c(CONc5ccccc5C)cc5ccccc45)cc3)cc2-c2ccc(N=Nc3c(O)c(C(=O)Nc4ccccc4C)cc4ccccc34)cc2)cc1. The highest BCUT2D eigenvalue weighted by Gasteiger charge is 2.20. The lowest BCUT2D eigenvalue weighted by atomic mass is 10.0. The third-order valence-corrected chi connectivity index (χ3v) is 12.1. The molecule has 70 heavy (non-hydrogen) atoms. The molecular formula is C58H46N8O4. The highest BCUT2D eigenvalue weighted by molar-refractivity contribution is 6.12. The van der Waals surface area contributed by atoms with Gasteiger partial charge in [-0.1, -0.05) is 127 Å². The van der Waals surface area contributed by atoms with Crippen LogP contribution in [0.1, 0.15) is 32.6 Å². The van der Waals surface area contributed by atoms with E-state index < -0.39 is 5.91 Å². The molecule has 0 aliphatic carbocycles. The first-order valence-electron chi connectivity index (χ1n) is 22.7. The molecule has 0 spiro atoms. The topological polar surface area (TPSA) is 158 Å². The Morgan fingerprint density at radius 3 is 1.77 bits per heavy atom. The van der Waals surface area contributed by atoms with Gasteiger partial charge in [-0.05, 0) is 109 Å². The Hall–Kier alpha value is -9.26. The molecule has 0 atom stereocenters. The van der Waals surface area contributed by atoms with Gasteiger partial charge in [-0.3, -0.25) is 15.1 Å². The Balaban J connectivity index is 0.910. The summed E-state index contributed by atoms with van der Waals surface area (Å²) in [5, 5.41) is 52.1. The fourth-order valence-electron chi connectivity index (χ4n) is 8.20. The van der Waals surface area contributed by atoms with Gasteiger partial charge in [0.25, 0.3) is 5.91 Å². The number of phenols is 2. The van der Waals surface area contributed by atoms with Crippen molar-refractivity contribution in [3.05, 3.63) is 216 Å². The van der Waals surface area contributed by atoms with Crippen LogP contribution >= 0.6 is 0 Å². The number of nitrogens with zero attached hydrogens (tertiary/aromatic N) is 6. The van der Waals surface area contributed by atoms with Crippen LogP contribution in [-0.2, 0) is 11.4 Å². The molecular weight excluding hydrogens is 873 g/mol. The van der Waals surface area contributed by atoms with E-state index in [1.807, 2.05) is 176 Å². The summed E-state index contributed by atoms with van der Waals surface area (Å²) >= 11 is 0. The standard InChI is InChI=1S/C58H46N8O4/c1-36-20-22-40(23-21-36)53-50(39-24-26-44(27-25-39)60-63-55-48-17-9-7-15-42(48)33-49(57(55)68)58(69)59-51-18-10-4-12-37(51)2)34-66(64-53)46-30-28-45(29-31-46)61-62-54-47-16-8-6-14-41(47)32-43(56(54)67)35-70-65-52-19-11-5-13-38(52)3/h4-34,65,67-68H,35H2,1-3H3,(H,59,69). The van der Waals surface area contributed by atoms with Crippen molar-refractivity contribution >= 4 is 61.6 Å². The number of hydrogen-bond acceptors (Lipinski definition) is 10. The van der Waals surface area contributed by atoms with Crippen molar-refractivity contribution in [3.63, 3.8) is 0 Å². The van der Waals surface area contributed by atoms with Crippen molar-refractivity contribution in [2.45, 2.75) is 27.4 Å². The zero-order valence-electron chi connectivity index (χ0n) is 38.5. The van der Waals surface area contributed by atoms with Crippen LogP contribution in [0.25, 0.3) is 49.6 Å². The minimum atomic E-state index is -0.452. The number of aryl methyl sites for hydroxylation is 3. The van der Waals surface area contributed by atoms with Crippen LogP contribution in [0, 0.1) is 20.8 Å². The first-order chi connectivity index (χ1) is 34.2. The summed E-state index contributed by atoms with van der Waals surface area (Å²) in [7, 11) is 0. The van der Waals surface area contributed by atoms with Gasteiger partial charge in [0, 0.05) is 39.3 Å². The number of benzene rings is 9. The van der Waals surface area contributed by atoms with E-state index in [1.54, 1.807) is 6.07 Å². The summed E-state index contributed by atoms with van der Waals surface area (Å²) in [6.45, 7) is 6.05. The van der Waals surface area contributed by atoms with Gasteiger partial charge in [0.2, 0.25) is 0 Å². The normalized spacial score (nSPS) is 11.5. The van der Waals surface area contributed by atoms with E-state index >= 15 is 0 Å². The summed E-state index contributed by atoms with van der Waals surface area (Å²) in [6.07, 6.45) is 1.99. The Morgan fingerprint density at radius 2 is 1.13 bits per heavy atom. The minimum Gasteiger partial charge on any atom is -0.505 e. The van der Waals surface area contributed by atoms with Crippen molar-refractivity contribution in [3.8, 4) is 39.6 Å². The van der Waals surface area contributed by atoms with Gasteiger partial charge in [-0.25, -0.2) is 4.68 Å². The molecule has 0 aliphatic heterocycles. The molecule has 0 bridgehead atoms. The molecule has 0 unspecified atom stereocenters. The van der Waals surface area contributed by atoms with E-state index in [4.69, 9.17) is 9.94 Å². The lowest BCUT2D eigenvalue weighted by Gasteiger charge is -2.13. The zero-order valence-corrected chi connectivity index (χ0v) is 38.5. The Kier molecular flexibility index (Phi) is 12.4. The summed E-state index contributed by atoms with van der Waals surface area (Å²) in [5.41, 5.74) is 14.2. The minimum absolute atomic E-state index is 0.00664. The van der Waals surface area contributed by atoms with Crippen LogP contribution in [0.2, 0.25) is 0 Å². The van der Waals surface area contributed by atoms with Gasteiger partial charge in [0.15, 0.2) is 5.75 Å². The zero-order chi connectivity index (χ0) is 48.1. The monoisotopic (exact) mass is 918 g/mol. The van der Waals surface area contributed by atoms with E-state index in [-0.39, 0.29) is 29.4 Å². The molecule has 4 N–H and O–H groups in total. The number of hydrogen-bond donors (Lipinski definition) is 4. The molecule has 9 aromatic carbocycles. The molecule has 1 aromatic heterocycles. The molecule has 342 valence electrons. The van der Waals surface area contributed by atoms with Gasteiger partial charge >= 0.3 is 0 Å². The highest BCUT2D eigenvalue weighted by Crippen LogP contribution is 2.42. The van der Waals surface area contributed by atoms with Gasteiger partial charge in [-0.15, -0.1) is 10.2 Å². The van der Waals surface area contributed by atoms with Crippen molar-refractivity contribution in [1.29, 1.82) is 0 Å². The Bertz CT molecular complexity index is 3620. The maximum absolute atomic E-state index is 13.5. The molecule has 0 aliphatic rings. The maximum atomic E-state index is 13.5. The first-order valence-corrected chi connectivity index (χ1v) is 22.7. The fraction of sp³-hybridized carbons (Fsp3) is 0.0690. The molecule has 0 radical (unpaired) electrons.